The van der Waals surface area contributed by atoms with E-state index in [0.717, 1.165) is 27.8 Å². The van der Waals surface area contributed by atoms with Gasteiger partial charge in [0.2, 0.25) is 0 Å². The second-order valence-corrected chi connectivity index (χ2v) is 5.26. The first-order chi connectivity index (χ1) is 8.72. The number of nitrogens with zero attached hydrogens (tertiary/aromatic N) is 3. The number of rotatable bonds is 3. The van der Waals surface area contributed by atoms with Gasteiger partial charge in [0.15, 0.2) is 5.82 Å². The summed E-state index contributed by atoms with van der Waals surface area (Å²) >= 11 is 12.3. The summed E-state index contributed by atoms with van der Waals surface area (Å²) in [6, 6.07) is 6.45. The molecule has 94 valence electrons. The van der Waals surface area contributed by atoms with E-state index in [2.05, 4.69) is 14.8 Å². The molecule has 2 aromatic rings. The van der Waals surface area contributed by atoms with Gasteiger partial charge in [-0.3, -0.25) is 0 Å². The fourth-order valence-electron chi connectivity index (χ4n) is 2.13. The molecule has 3 rings (SSSR count). The predicted molar refractivity (Wildman–Crippen MR) is 73.0 cm³/mol. The van der Waals surface area contributed by atoms with E-state index >= 15 is 0 Å². The van der Waals surface area contributed by atoms with Crippen LogP contribution in [0.3, 0.4) is 0 Å². The maximum atomic E-state index is 6.36. The molecule has 0 unspecified atom stereocenters. The van der Waals surface area contributed by atoms with Crippen molar-refractivity contribution in [2.75, 3.05) is 0 Å². The summed E-state index contributed by atoms with van der Waals surface area (Å²) in [5, 5.41) is 9.17. The van der Waals surface area contributed by atoms with E-state index in [1.807, 2.05) is 25.1 Å². The van der Waals surface area contributed by atoms with Crippen molar-refractivity contribution in [1.29, 1.82) is 0 Å². The van der Waals surface area contributed by atoms with E-state index in [1.165, 1.54) is 12.8 Å². The van der Waals surface area contributed by atoms with Gasteiger partial charge in [-0.15, -0.1) is 21.8 Å². The second kappa shape index (κ2) is 4.56. The fraction of sp³-hybridized carbons (Fsp3) is 0.385. The highest BCUT2D eigenvalue weighted by Gasteiger charge is 2.30. The first-order valence-electron chi connectivity index (χ1n) is 5.97. The van der Waals surface area contributed by atoms with Gasteiger partial charge in [-0.2, -0.15) is 0 Å². The Balaban J connectivity index is 2.17. The second-order valence-electron chi connectivity index (χ2n) is 4.61. The third-order valence-corrected chi connectivity index (χ3v) is 3.97. The molecular weight excluding hydrogens is 269 g/mol. The van der Waals surface area contributed by atoms with Crippen LogP contribution in [-0.4, -0.2) is 14.8 Å². The molecule has 0 amide bonds. The van der Waals surface area contributed by atoms with Crippen molar-refractivity contribution in [3.8, 4) is 11.4 Å². The zero-order valence-electron chi connectivity index (χ0n) is 10.0. The molecule has 1 fully saturated rings. The molecule has 0 radical (unpaired) electrons. The van der Waals surface area contributed by atoms with Gasteiger partial charge in [-0.1, -0.05) is 23.7 Å². The Bertz CT molecular complexity index is 588. The van der Waals surface area contributed by atoms with Gasteiger partial charge >= 0.3 is 0 Å². The van der Waals surface area contributed by atoms with Crippen molar-refractivity contribution >= 4 is 23.2 Å². The SMILES string of the molecule is Cc1cccc(-c2nnc(CCl)n2C2CC2)c1Cl. The average molecular weight is 282 g/mol. The van der Waals surface area contributed by atoms with Crippen LogP contribution in [0.5, 0.6) is 0 Å². The van der Waals surface area contributed by atoms with Gasteiger partial charge in [0.25, 0.3) is 0 Å². The Labute approximate surface area is 116 Å². The zero-order chi connectivity index (χ0) is 12.7. The highest BCUT2D eigenvalue weighted by Crippen LogP contribution is 2.40. The topological polar surface area (TPSA) is 30.7 Å². The van der Waals surface area contributed by atoms with Crippen molar-refractivity contribution in [2.24, 2.45) is 0 Å². The lowest BCUT2D eigenvalue weighted by Crippen LogP contribution is -2.02. The van der Waals surface area contributed by atoms with Crippen LogP contribution in [-0.2, 0) is 5.88 Å². The molecule has 1 aliphatic rings. The monoisotopic (exact) mass is 281 g/mol. The molecule has 3 nitrogen and oxygen atoms in total. The molecule has 1 heterocycles. The molecule has 0 saturated heterocycles. The summed E-state index contributed by atoms with van der Waals surface area (Å²) in [5.74, 6) is 2.04. The van der Waals surface area contributed by atoms with Crippen LogP contribution in [0.4, 0.5) is 0 Å². The van der Waals surface area contributed by atoms with Gasteiger partial charge in [-0.05, 0) is 31.4 Å². The number of hydrogen-bond donors (Lipinski definition) is 0. The first-order valence-corrected chi connectivity index (χ1v) is 6.89. The van der Waals surface area contributed by atoms with Gasteiger partial charge in [0.05, 0.1) is 10.9 Å². The Morgan fingerprint density at radius 2 is 2.11 bits per heavy atom. The van der Waals surface area contributed by atoms with Crippen LogP contribution in [0.15, 0.2) is 18.2 Å². The molecule has 0 spiro atoms. The molecule has 5 heteroatoms. The fourth-order valence-corrected chi connectivity index (χ4v) is 2.53. The Hall–Kier alpha value is -1.06. The molecule has 0 bridgehead atoms. The molecule has 0 N–H and O–H groups in total. The van der Waals surface area contributed by atoms with E-state index < -0.39 is 0 Å². The molecule has 1 aromatic carbocycles. The third-order valence-electron chi connectivity index (χ3n) is 3.23. The smallest absolute Gasteiger partial charge is 0.165 e. The number of aromatic nitrogens is 3. The quantitative estimate of drug-likeness (QED) is 0.797. The highest BCUT2D eigenvalue weighted by molar-refractivity contribution is 6.33. The predicted octanol–water partition coefficient (Wildman–Crippen LogP) is 3.98. The Kier molecular flexibility index (Phi) is 3.04. The standard InChI is InChI=1S/C13H13Cl2N3/c1-8-3-2-4-10(12(8)15)13-17-16-11(7-14)18(13)9-5-6-9/h2-4,9H,5-7H2,1H3. The summed E-state index contributed by atoms with van der Waals surface area (Å²) < 4.78 is 2.13. The van der Waals surface area contributed by atoms with Gasteiger partial charge in [0, 0.05) is 11.6 Å². The van der Waals surface area contributed by atoms with Crippen molar-refractivity contribution < 1.29 is 0 Å². The van der Waals surface area contributed by atoms with Crippen LogP contribution in [0.2, 0.25) is 5.02 Å². The summed E-state index contributed by atoms with van der Waals surface area (Å²) in [5.41, 5.74) is 1.99. The molecule has 18 heavy (non-hydrogen) atoms. The van der Waals surface area contributed by atoms with E-state index in [1.54, 1.807) is 0 Å². The minimum atomic E-state index is 0.382. The maximum absolute atomic E-state index is 6.36. The Morgan fingerprint density at radius 1 is 1.33 bits per heavy atom. The lowest BCUT2D eigenvalue weighted by molar-refractivity contribution is 0.712. The van der Waals surface area contributed by atoms with Crippen molar-refractivity contribution in [1.82, 2.24) is 14.8 Å². The number of alkyl halides is 1. The third kappa shape index (κ3) is 1.91. The number of hydrogen-bond acceptors (Lipinski definition) is 2. The van der Waals surface area contributed by atoms with Crippen LogP contribution in [0.1, 0.15) is 30.3 Å². The molecule has 0 atom stereocenters. The van der Waals surface area contributed by atoms with Gasteiger partial charge in [0.1, 0.15) is 5.82 Å². The van der Waals surface area contributed by atoms with Crippen LogP contribution >= 0.6 is 23.2 Å². The zero-order valence-corrected chi connectivity index (χ0v) is 11.5. The van der Waals surface area contributed by atoms with Gasteiger partial charge < -0.3 is 4.57 Å². The van der Waals surface area contributed by atoms with Crippen molar-refractivity contribution in [2.45, 2.75) is 31.7 Å². The van der Waals surface area contributed by atoms with Crippen molar-refractivity contribution in [3.05, 3.63) is 34.6 Å². The summed E-state index contributed by atoms with van der Waals surface area (Å²) in [4.78, 5) is 0. The van der Waals surface area contributed by atoms with E-state index in [4.69, 9.17) is 23.2 Å². The summed E-state index contributed by atoms with van der Waals surface area (Å²) in [6.07, 6.45) is 2.33. The molecule has 1 aromatic heterocycles. The normalized spacial score (nSPS) is 15.1. The number of aryl methyl sites for hydroxylation is 1. The lowest BCUT2D eigenvalue weighted by atomic mass is 10.1. The van der Waals surface area contributed by atoms with Crippen LogP contribution in [0, 0.1) is 6.92 Å². The number of halogens is 2. The molecule has 0 aliphatic heterocycles. The van der Waals surface area contributed by atoms with E-state index in [0.29, 0.717) is 11.9 Å². The van der Waals surface area contributed by atoms with Crippen LogP contribution < -0.4 is 0 Å². The highest BCUT2D eigenvalue weighted by atomic mass is 35.5. The molecule has 1 aliphatic carbocycles. The first kappa shape index (κ1) is 12.0. The molecular formula is C13H13Cl2N3. The minimum Gasteiger partial charge on any atom is -0.307 e. The summed E-state index contributed by atoms with van der Waals surface area (Å²) in [7, 11) is 0. The van der Waals surface area contributed by atoms with Crippen molar-refractivity contribution in [3.63, 3.8) is 0 Å². The van der Waals surface area contributed by atoms with Gasteiger partial charge in [-0.25, -0.2) is 0 Å². The molecule has 1 saturated carbocycles. The number of benzene rings is 1. The Morgan fingerprint density at radius 3 is 2.78 bits per heavy atom. The average Bonchev–Trinajstić information content (AvgIpc) is 3.12. The lowest BCUT2D eigenvalue weighted by Gasteiger charge is -2.10. The summed E-state index contributed by atoms with van der Waals surface area (Å²) in [6.45, 7) is 1.99. The maximum Gasteiger partial charge on any atom is 0.165 e. The van der Waals surface area contributed by atoms with E-state index in [-0.39, 0.29) is 0 Å². The minimum absolute atomic E-state index is 0.382. The van der Waals surface area contributed by atoms with Crippen LogP contribution in [0.25, 0.3) is 11.4 Å². The largest absolute Gasteiger partial charge is 0.307 e. The van der Waals surface area contributed by atoms with E-state index in [9.17, 15) is 0 Å².